The molecule has 0 aromatic carbocycles. The first-order chi connectivity index (χ1) is 4.22. The number of halogens is 2. The summed E-state index contributed by atoms with van der Waals surface area (Å²) >= 11 is 0. The largest absolute Gasteiger partial charge is 0.317 e. The van der Waals surface area contributed by atoms with Gasteiger partial charge in [0.25, 0.3) is 0 Å². The highest BCUT2D eigenvalue weighted by Crippen LogP contribution is 1.99. The van der Waals surface area contributed by atoms with Gasteiger partial charge in [-0.2, -0.15) is 8.78 Å². The molecular formula is C5H8F2NO. The summed E-state index contributed by atoms with van der Waals surface area (Å²) in [5.41, 5.74) is 0. The van der Waals surface area contributed by atoms with Gasteiger partial charge in [0, 0.05) is 6.54 Å². The van der Waals surface area contributed by atoms with Gasteiger partial charge < -0.3 is 0 Å². The second-order valence-corrected chi connectivity index (χ2v) is 1.56. The van der Waals surface area contributed by atoms with Gasteiger partial charge in [0.2, 0.25) is 0 Å². The van der Waals surface area contributed by atoms with Crippen LogP contribution >= 0.6 is 0 Å². The lowest BCUT2D eigenvalue weighted by molar-refractivity contribution is 0.0200. The van der Waals surface area contributed by atoms with Crippen LogP contribution in [0.15, 0.2) is 0 Å². The Morgan fingerprint density at radius 3 is 2.33 bits per heavy atom. The SMILES string of the molecule is CCCN([C]=O)C(F)F. The molecule has 4 heteroatoms. The first-order valence-corrected chi connectivity index (χ1v) is 2.65. The van der Waals surface area contributed by atoms with E-state index in [1.54, 1.807) is 6.92 Å². The molecule has 0 bridgehead atoms. The third-order valence-corrected chi connectivity index (χ3v) is 0.817. The average Bonchev–Trinajstić information content (AvgIpc) is 1.82. The zero-order valence-electron chi connectivity index (χ0n) is 5.10. The van der Waals surface area contributed by atoms with Crippen molar-refractivity contribution in [2.75, 3.05) is 6.54 Å². The fourth-order valence-electron chi connectivity index (χ4n) is 0.424. The lowest BCUT2D eigenvalue weighted by Gasteiger charge is -2.12. The van der Waals surface area contributed by atoms with Crippen LogP contribution in [0.4, 0.5) is 8.78 Å². The Bertz CT molecular complexity index is 87.0. The number of carbonyl (C=O) groups excluding carboxylic acids is 1. The van der Waals surface area contributed by atoms with Crippen molar-refractivity contribution >= 4 is 6.41 Å². The van der Waals surface area contributed by atoms with Gasteiger partial charge in [-0.05, 0) is 6.42 Å². The van der Waals surface area contributed by atoms with Gasteiger partial charge in [0.15, 0.2) is 0 Å². The lowest BCUT2D eigenvalue weighted by Crippen LogP contribution is -2.27. The molecule has 0 spiro atoms. The van der Waals surface area contributed by atoms with Gasteiger partial charge >= 0.3 is 13.0 Å². The molecule has 0 saturated carbocycles. The van der Waals surface area contributed by atoms with Crippen molar-refractivity contribution in [3.8, 4) is 0 Å². The zero-order valence-corrected chi connectivity index (χ0v) is 5.10. The van der Waals surface area contributed by atoms with E-state index >= 15 is 0 Å². The van der Waals surface area contributed by atoms with E-state index in [2.05, 4.69) is 0 Å². The van der Waals surface area contributed by atoms with E-state index in [1.165, 1.54) is 0 Å². The van der Waals surface area contributed by atoms with Crippen LogP contribution in [-0.4, -0.2) is 24.4 Å². The summed E-state index contributed by atoms with van der Waals surface area (Å²) in [6.07, 6.45) is 1.66. The molecule has 0 aliphatic rings. The van der Waals surface area contributed by atoms with Crippen molar-refractivity contribution in [2.45, 2.75) is 19.9 Å². The summed E-state index contributed by atoms with van der Waals surface area (Å²) in [4.78, 5) is 9.99. The monoisotopic (exact) mass is 136 g/mol. The van der Waals surface area contributed by atoms with Gasteiger partial charge in [0.05, 0.1) is 0 Å². The predicted molar refractivity (Wildman–Crippen MR) is 28.7 cm³/mol. The highest BCUT2D eigenvalue weighted by atomic mass is 19.3. The van der Waals surface area contributed by atoms with Crippen molar-refractivity contribution in [3.63, 3.8) is 0 Å². The Labute approximate surface area is 52.5 Å². The first kappa shape index (κ1) is 8.33. The summed E-state index contributed by atoms with van der Waals surface area (Å²) in [6, 6.07) is 0. The van der Waals surface area contributed by atoms with Gasteiger partial charge in [-0.25, -0.2) is 0 Å². The molecule has 0 unspecified atom stereocenters. The Hall–Kier alpha value is -0.670. The normalized spacial score (nSPS) is 9.78. The smallest absolute Gasteiger partial charge is 0.278 e. The van der Waals surface area contributed by atoms with Crippen LogP contribution in [0, 0.1) is 0 Å². The van der Waals surface area contributed by atoms with Crippen LogP contribution < -0.4 is 0 Å². The molecule has 0 rings (SSSR count). The molecule has 0 aromatic heterocycles. The van der Waals surface area contributed by atoms with E-state index in [0.717, 1.165) is 6.41 Å². The Kier molecular flexibility index (Phi) is 3.92. The van der Waals surface area contributed by atoms with Crippen LogP contribution in [0.5, 0.6) is 0 Å². The van der Waals surface area contributed by atoms with E-state index in [0.29, 0.717) is 11.3 Å². The van der Waals surface area contributed by atoms with E-state index < -0.39 is 6.55 Å². The number of alkyl halides is 2. The maximum atomic E-state index is 11.6. The molecule has 0 aromatic rings. The number of hydrogen-bond acceptors (Lipinski definition) is 1. The van der Waals surface area contributed by atoms with Crippen LogP contribution in [-0.2, 0) is 4.79 Å². The molecule has 0 atom stereocenters. The van der Waals surface area contributed by atoms with E-state index in [-0.39, 0.29) is 6.54 Å². The summed E-state index contributed by atoms with van der Waals surface area (Å²) in [5.74, 6) is 0. The third-order valence-electron chi connectivity index (χ3n) is 0.817. The molecular weight excluding hydrogens is 128 g/mol. The van der Waals surface area contributed by atoms with Crippen molar-refractivity contribution < 1.29 is 13.6 Å². The van der Waals surface area contributed by atoms with Crippen molar-refractivity contribution in [1.29, 1.82) is 0 Å². The summed E-state index contributed by atoms with van der Waals surface area (Å²) in [7, 11) is 0. The van der Waals surface area contributed by atoms with Crippen molar-refractivity contribution in [2.24, 2.45) is 0 Å². The second kappa shape index (κ2) is 4.23. The lowest BCUT2D eigenvalue weighted by atomic mass is 10.5. The molecule has 9 heavy (non-hydrogen) atoms. The standard InChI is InChI=1S/C5H8F2NO/c1-2-3-8(4-9)5(6)7/h5H,2-3H2,1H3. The first-order valence-electron chi connectivity index (χ1n) is 2.65. The molecule has 1 radical (unpaired) electrons. The number of hydrogen-bond donors (Lipinski definition) is 0. The molecule has 0 saturated heterocycles. The quantitative estimate of drug-likeness (QED) is 0.417. The average molecular weight is 136 g/mol. The Morgan fingerprint density at radius 2 is 2.22 bits per heavy atom. The molecule has 0 fully saturated rings. The molecule has 53 valence electrons. The predicted octanol–water partition coefficient (Wildman–Crippen LogP) is 0.988. The van der Waals surface area contributed by atoms with Crippen LogP contribution in [0.3, 0.4) is 0 Å². The van der Waals surface area contributed by atoms with Crippen molar-refractivity contribution in [3.05, 3.63) is 0 Å². The maximum absolute atomic E-state index is 11.6. The van der Waals surface area contributed by atoms with Crippen LogP contribution in [0.1, 0.15) is 13.3 Å². The van der Waals surface area contributed by atoms with Gasteiger partial charge in [-0.1, -0.05) is 6.92 Å². The van der Waals surface area contributed by atoms with Gasteiger partial charge in [0.1, 0.15) is 0 Å². The number of amides is 1. The molecule has 0 aliphatic carbocycles. The molecule has 1 amide bonds. The molecule has 0 aliphatic heterocycles. The van der Waals surface area contributed by atoms with Gasteiger partial charge in [-0.3, -0.25) is 9.69 Å². The van der Waals surface area contributed by atoms with E-state index in [4.69, 9.17) is 0 Å². The van der Waals surface area contributed by atoms with E-state index in [1.807, 2.05) is 0 Å². The fraction of sp³-hybridized carbons (Fsp3) is 0.800. The Morgan fingerprint density at radius 1 is 1.67 bits per heavy atom. The zero-order chi connectivity index (χ0) is 7.28. The van der Waals surface area contributed by atoms with Crippen LogP contribution in [0.2, 0.25) is 0 Å². The summed E-state index contributed by atoms with van der Waals surface area (Å²) < 4.78 is 23.1. The second-order valence-electron chi connectivity index (χ2n) is 1.56. The fourth-order valence-corrected chi connectivity index (χ4v) is 0.424. The maximum Gasteiger partial charge on any atom is 0.317 e. The Balaban J connectivity index is 3.54. The van der Waals surface area contributed by atoms with Gasteiger partial charge in [-0.15, -0.1) is 0 Å². The number of rotatable bonds is 4. The summed E-state index contributed by atoms with van der Waals surface area (Å²) in [5, 5.41) is 0. The minimum absolute atomic E-state index is 0.0706. The molecule has 2 nitrogen and oxygen atoms in total. The minimum Gasteiger partial charge on any atom is -0.278 e. The third kappa shape index (κ3) is 3.00. The minimum atomic E-state index is -2.71. The highest BCUT2D eigenvalue weighted by molar-refractivity contribution is 5.47. The van der Waals surface area contributed by atoms with Crippen molar-refractivity contribution in [1.82, 2.24) is 4.90 Å². The topological polar surface area (TPSA) is 20.3 Å². The summed E-state index contributed by atoms with van der Waals surface area (Å²) in [6.45, 7) is -0.920. The highest BCUT2D eigenvalue weighted by Gasteiger charge is 2.11. The molecule has 0 N–H and O–H groups in total. The molecule has 0 heterocycles. The van der Waals surface area contributed by atoms with E-state index in [9.17, 15) is 13.6 Å². The van der Waals surface area contributed by atoms with Crippen LogP contribution in [0.25, 0.3) is 0 Å². The number of nitrogens with zero attached hydrogens (tertiary/aromatic N) is 1.